The minimum Gasteiger partial charge on any atom is -0.492 e. The zero-order valence-corrected chi connectivity index (χ0v) is 18.8. The number of anilines is 1. The highest BCUT2D eigenvalue weighted by Crippen LogP contribution is 2.45. The van der Waals surface area contributed by atoms with Gasteiger partial charge in [-0.15, -0.1) is 10.2 Å². The van der Waals surface area contributed by atoms with E-state index in [1.807, 2.05) is 11.8 Å². The SMILES string of the molecule is c1ccc(CC2CN=C(c3ccc(N4CCC5(CC4)COc4ccccc45)nn3)S2)cc1. The number of rotatable bonds is 4. The van der Waals surface area contributed by atoms with E-state index in [-0.39, 0.29) is 5.41 Å². The first-order valence-corrected chi connectivity index (χ1v) is 12.2. The molecular formula is C26H26N4OS. The van der Waals surface area contributed by atoms with Crippen LogP contribution in [0.15, 0.2) is 71.7 Å². The first-order chi connectivity index (χ1) is 15.8. The molecule has 0 N–H and O–H groups in total. The average molecular weight is 443 g/mol. The van der Waals surface area contributed by atoms with Crippen LogP contribution in [0.2, 0.25) is 0 Å². The maximum atomic E-state index is 5.99. The lowest BCUT2D eigenvalue weighted by Crippen LogP contribution is -2.44. The quantitative estimate of drug-likeness (QED) is 0.595. The van der Waals surface area contributed by atoms with Gasteiger partial charge in [-0.1, -0.05) is 60.3 Å². The maximum Gasteiger partial charge on any atom is 0.151 e. The highest BCUT2D eigenvalue weighted by Gasteiger charge is 2.43. The number of aromatic nitrogens is 2. The molecule has 0 amide bonds. The van der Waals surface area contributed by atoms with E-state index in [1.54, 1.807) is 0 Å². The Hall–Kier alpha value is -2.86. The summed E-state index contributed by atoms with van der Waals surface area (Å²) in [4.78, 5) is 7.10. The first kappa shape index (κ1) is 19.8. The molecule has 162 valence electrons. The zero-order valence-electron chi connectivity index (χ0n) is 18.0. The van der Waals surface area contributed by atoms with Crippen LogP contribution in [0.1, 0.15) is 29.7 Å². The van der Waals surface area contributed by atoms with Crippen LogP contribution in [-0.2, 0) is 11.8 Å². The minimum absolute atomic E-state index is 0.156. The van der Waals surface area contributed by atoms with Crippen molar-refractivity contribution in [3.63, 3.8) is 0 Å². The molecule has 0 radical (unpaired) electrons. The molecule has 2 aromatic carbocycles. The molecule has 1 spiro atoms. The predicted octanol–water partition coefficient (Wildman–Crippen LogP) is 4.51. The summed E-state index contributed by atoms with van der Waals surface area (Å²) in [5.74, 6) is 2.02. The number of aliphatic imine (C=N–C) groups is 1. The molecule has 0 aliphatic carbocycles. The summed E-state index contributed by atoms with van der Waals surface area (Å²) in [6.45, 7) is 3.59. The van der Waals surface area contributed by atoms with Crippen molar-refractivity contribution in [2.45, 2.75) is 29.9 Å². The van der Waals surface area contributed by atoms with E-state index in [9.17, 15) is 0 Å². The summed E-state index contributed by atoms with van der Waals surface area (Å²) in [6.07, 6.45) is 3.20. The molecule has 1 aromatic heterocycles. The van der Waals surface area contributed by atoms with E-state index in [1.165, 1.54) is 11.1 Å². The Kier molecular flexibility index (Phi) is 5.10. The molecule has 4 heterocycles. The van der Waals surface area contributed by atoms with Crippen molar-refractivity contribution in [1.82, 2.24) is 10.2 Å². The van der Waals surface area contributed by atoms with Crippen molar-refractivity contribution in [1.29, 1.82) is 0 Å². The first-order valence-electron chi connectivity index (χ1n) is 11.4. The topological polar surface area (TPSA) is 50.6 Å². The number of hydrogen-bond donors (Lipinski definition) is 0. The number of piperidine rings is 1. The molecule has 3 aliphatic heterocycles. The highest BCUT2D eigenvalue weighted by atomic mass is 32.2. The normalized spacial score (nSPS) is 21.3. The van der Waals surface area contributed by atoms with Crippen molar-refractivity contribution in [2.75, 3.05) is 31.1 Å². The van der Waals surface area contributed by atoms with E-state index in [0.717, 1.165) is 67.8 Å². The monoisotopic (exact) mass is 442 g/mol. The van der Waals surface area contributed by atoms with Gasteiger partial charge in [0.05, 0.1) is 13.2 Å². The summed E-state index contributed by atoms with van der Waals surface area (Å²) in [5, 5.41) is 10.6. The molecule has 6 rings (SSSR count). The molecule has 6 heteroatoms. The van der Waals surface area contributed by atoms with Gasteiger partial charge in [-0.25, -0.2) is 0 Å². The van der Waals surface area contributed by atoms with E-state index in [2.05, 4.69) is 81.8 Å². The van der Waals surface area contributed by atoms with Crippen LogP contribution >= 0.6 is 11.8 Å². The van der Waals surface area contributed by atoms with Crippen LogP contribution in [0.25, 0.3) is 0 Å². The molecule has 0 saturated carbocycles. The van der Waals surface area contributed by atoms with Gasteiger partial charge < -0.3 is 9.64 Å². The third-order valence-electron chi connectivity index (χ3n) is 6.90. The Morgan fingerprint density at radius 2 is 1.75 bits per heavy atom. The number of para-hydroxylation sites is 1. The third-order valence-corrected chi connectivity index (χ3v) is 8.11. The second-order valence-electron chi connectivity index (χ2n) is 8.90. The zero-order chi connectivity index (χ0) is 21.4. The molecule has 3 aromatic rings. The number of ether oxygens (including phenoxy) is 1. The summed E-state index contributed by atoms with van der Waals surface area (Å²) < 4.78 is 5.99. The fourth-order valence-corrected chi connectivity index (χ4v) is 6.17. The van der Waals surface area contributed by atoms with Crippen LogP contribution in [0.5, 0.6) is 5.75 Å². The lowest BCUT2D eigenvalue weighted by molar-refractivity contribution is 0.230. The third kappa shape index (κ3) is 3.66. The van der Waals surface area contributed by atoms with Crippen LogP contribution in [0.3, 0.4) is 0 Å². The highest BCUT2D eigenvalue weighted by molar-refractivity contribution is 8.15. The number of benzene rings is 2. The van der Waals surface area contributed by atoms with Gasteiger partial charge >= 0.3 is 0 Å². The predicted molar refractivity (Wildman–Crippen MR) is 130 cm³/mol. The number of fused-ring (bicyclic) bond motifs is 2. The van der Waals surface area contributed by atoms with E-state index in [4.69, 9.17) is 9.73 Å². The molecular weight excluding hydrogens is 416 g/mol. The Balaban J connectivity index is 1.08. The molecule has 32 heavy (non-hydrogen) atoms. The van der Waals surface area contributed by atoms with Crippen LogP contribution in [0, 0.1) is 0 Å². The van der Waals surface area contributed by atoms with Crippen molar-refractivity contribution < 1.29 is 4.74 Å². The smallest absolute Gasteiger partial charge is 0.151 e. The second kappa shape index (κ2) is 8.24. The van der Waals surface area contributed by atoms with Crippen LogP contribution in [-0.4, -0.2) is 46.7 Å². The van der Waals surface area contributed by atoms with E-state index in [0.29, 0.717) is 5.25 Å². The molecule has 1 atom stereocenters. The van der Waals surface area contributed by atoms with Crippen molar-refractivity contribution >= 4 is 22.6 Å². The fraction of sp³-hybridized carbons (Fsp3) is 0.346. The van der Waals surface area contributed by atoms with Gasteiger partial charge in [0.2, 0.25) is 0 Å². The van der Waals surface area contributed by atoms with Crippen LogP contribution in [0.4, 0.5) is 5.82 Å². The van der Waals surface area contributed by atoms with Gasteiger partial charge in [-0.3, -0.25) is 4.99 Å². The Morgan fingerprint density at radius 3 is 2.56 bits per heavy atom. The summed E-state index contributed by atoms with van der Waals surface area (Å²) >= 11 is 1.83. The van der Waals surface area contributed by atoms with Crippen LogP contribution < -0.4 is 9.64 Å². The minimum atomic E-state index is 0.156. The van der Waals surface area contributed by atoms with Crippen molar-refractivity contribution in [3.05, 3.63) is 83.6 Å². The lowest BCUT2D eigenvalue weighted by atomic mass is 9.74. The molecule has 1 unspecified atom stereocenters. The fourth-order valence-electron chi connectivity index (χ4n) is 5.05. The van der Waals surface area contributed by atoms with E-state index >= 15 is 0 Å². The summed E-state index contributed by atoms with van der Waals surface area (Å²) in [6, 6.07) is 23.3. The van der Waals surface area contributed by atoms with Crippen molar-refractivity contribution in [2.24, 2.45) is 4.99 Å². The van der Waals surface area contributed by atoms with Gasteiger partial charge in [0.25, 0.3) is 0 Å². The van der Waals surface area contributed by atoms with Gasteiger partial charge in [-0.2, -0.15) is 0 Å². The average Bonchev–Trinajstić information content (AvgIpc) is 3.46. The molecule has 5 nitrogen and oxygen atoms in total. The Bertz CT molecular complexity index is 1120. The molecule has 1 fully saturated rings. The summed E-state index contributed by atoms with van der Waals surface area (Å²) in [7, 11) is 0. The molecule has 3 aliphatic rings. The molecule has 1 saturated heterocycles. The number of nitrogens with zero attached hydrogens (tertiary/aromatic N) is 4. The lowest BCUT2D eigenvalue weighted by Gasteiger charge is -2.38. The Labute approximate surface area is 192 Å². The second-order valence-corrected chi connectivity index (χ2v) is 10.2. The number of thioether (sulfide) groups is 1. The summed E-state index contributed by atoms with van der Waals surface area (Å²) in [5.41, 5.74) is 3.79. The largest absolute Gasteiger partial charge is 0.492 e. The van der Waals surface area contributed by atoms with Gasteiger partial charge in [0, 0.05) is 29.3 Å². The van der Waals surface area contributed by atoms with E-state index < -0.39 is 0 Å². The Morgan fingerprint density at radius 1 is 0.938 bits per heavy atom. The maximum absolute atomic E-state index is 5.99. The standard InChI is InChI=1S/C26H26N4OS/c1-2-6-19(7-3-1)16-20-17-27-25(32-20)22-10-11-24(29-28-22)30-14-12-26(13-15-30)18-31-23-9-5-4-8-21(23)26/h1-11,20H,12-18H2. The van der Waals surface area contributed by atoms with Gasteiger partial charge in [-0.05, 0) is 43.0 Å². The molecule has 0 bridgehead atoms. The van der Waals surface area contributed by atoms with Crippen molar-refractivity contribution in [3.8, 4) is 5.75 Å². The number of hydrogen-bond acceptors (Lipinski definition) is 6. The van der Waals surface area contributed by atoms with Gasteiger partial charge in [0.1, 0.15) is 16.5 Å². The van der Waals surface area contributed by atoms with Gasteiger partial charge in [0.15, 0.2) is 5.82 Å².